The smallest absolute Gasteiger partial charge is 0.405 e. The lowest BCUT2D eigenvalue weighted by Gasteiger charge is -2.17. The molecule has 18 heavy (non-hydrogen) atoms. The van der Waals surface area contributed by atoms with Crippen LogP contribution in [0.1, 0.15) is 23.2 Å². The highest BCUT2D eigenvalue weighted by atomic mass is 19.4. The van der Waals surface area contributed by atoms with Gasteiger partial charge in [-0.25, -0.2) is 8.78 Å². The van der Waals surface area contributed by atoms with Crippen LogP contribution in [0.3, 0.4) is 0 Å². The zero-order chi connectivity index (χ0) is 13.9. The van der Waals surface area contributed by atoms with E-state index in [-0.39, 0.29) is 5.56 Å². The van der Waals surface area contributed by atoms with E-state index in [1.165, 1.54) is 0 Å². The van der Waals surface area contributed by atoms with Crippen LogP contribution in [-0.2, 0) is 13.2 Å². The number of aromatic nitrogens is 1. The van der Waals surface area contributed by atoms with Gasteiger partial charge in [0.05, 0.1) is 6.61 Å². The summed E-state index contributed by atoms with van der Waals surface area (Å²) in [4.78, 5) is 3.27. The number of rotatable bonds is 4. The van der Waals surface area contributed by atoms with E-state index in [0.29, 0.717) is 6.20 Å². The van der Waals surface area contributed by atoms with Crippen LogP contribution in [0, 0.1) is 0 Å². The number of ether oxygens (including phenoxy) is 1. The Morgan fingerprint density at radius 3 is 2.39 bits per heavy atom. The van der Waals surface area contributed by atoms with Gasteiger partial charge in [-0.1, -0.05) is 0 Å². The third-order valence-electron chi connectivity index (χ3n) is 2.03. The predicted octanol–water partition coefficient (Wildman–Crippen LogP) is 1.87. The lowest BCUT2D eigenvalue weighted by atomic mass is 10.1. The van der Waals surface area contributed by atoms with Crippen LogP contribution in [0.2, 0.25) is 0 Å². The van der Waals surface area contributed by atoms with Gasteiger partial charge in [0.15, 0.2) is 0 Å². The molecule has 0 unspecified atom stereocenters. The molecule has 1 aromatic rings. The molecule has 0 fully saturated rings. The third kappa shape index (κ3) is 3.26. The Morgan fingerprint density at radius 2 is 2.00 bits per heavy atom. The van der Waals surface area contributed by atoms with Crippen LogP contribution in [0.4, 0.5) is 22.0 Å². The van der Waals surface area contributed by atoms with Crippen molar-refractivity contribution >= 4 is 0 Å². The molecule has 0 aromatic carbocycles. The first kappa shape index (κ1) is 14.6. The number of pyridine rings is 1. The van der Waals surface area contributed by atoms with Crippen LogP contribution in [0.15, 0.2) is 6.20 Å². The number of alkyl halides is 5. The van der Waals surface area contributed by atoms with Crippen LogP contribution in [0.5, 0.6) is 5.75 Å². The van der Waals surface area contributed by atoms with Crippen molar-refractivity contribution in [1.82, 2.24) is 4.98 Å². The Balaban J connectivity index is 3.37. The molecular weight excluding hydrogens is 263 g/mol. The number of aliphatic hydroxyl groups excluding tert-OH is 1. The van der Waals surface area contributed by atoms with Crippen molar-refractivity contribution in [2.45, 2.75) is 25.9 Å². The molecule has 1 aromatic heterocycles. The van der Waals surface area contributed by atoms with Crippen molar-refractivity contribution in [2.75, 3.05) is 0 Å². The van der Waals surface area contributed by atoms with Gasteiger partial charge in [0, 0.05) is 23.9 Å². The normalized spacial score (nSPS) is 12.0. The van der Waals surface area contributed by atoms with Crippen molar-refractivity contribution in [2.24, 2.45) is 5.73 Å². The van der Waals surface area contributed by atoms with Crippen molar-refractivity contribution in [3.63, 3.8) is 0 Å². The molecule has 4 nitrogen and oxygen atoms in total. The Bertz CT molecular complexity index is 422. The number of nitrogens with zero attached hydrogens (tertiary/aromatic N) is 1. The molecule has 3 N–H and O–H groups in total. The van der Waals surface area contributed by atoms with Crippen molar-refractivity contribution in [3.8, 4) is 5.75 Å². The highest BCUT2D eigenvalue weighted by Gasteiger charge is 2.34. The maximum atomic E-state index is 12.5. The molecule has 1 rings (SSSR count). The van der Waals surface area contributed by atoms with Gasteiger partial charge in [-0.2, -0.15) is 0 Å². The molecule has 1 heterocycles. The standard InChI is InChI=1S/C9H9F5N2O2/c10-8(11)6-5(1-15)7(18-9(12,13)14)4(3-17)2-16-6/h2,8,17H,1,3,15H2. The lowest BCUT2D eigenvalue weighted by molar-refractivity contribution is -0.275. The molecule has 0 bridgehead atoms. The maximum Gasteiger partial charge on any atom is 0.573 e. The molecule has 0 atom stereocenters. The lowest BCUT2D eigenvalue weighted by Crippen LogP contribution is -2.21. The highest BCUT2D eigenvalue weighted by molar-refractivity contribution is 5.43. The van der Waals surface area contributed by atoms with Gasteiger partial charge in [0.25, 0.3) is 6.43 Å². The second-order valence-corrected chi connectivity index (χ2v) is 3.19. The van der Waals surface area contributed by atoms with Gasteiger partial charge in [-0.3, -0.25) is 4.98 Å². The molecule has 0 amide bonds. The fraction of sp³-hybridized carbons (Fsp3) is 0.444. The maximum absolute atomic E-state index is 12.5. The van der Waals surface area contributed by atoms with Crippen LogP contribution >= 0.6 is 0 Å². The molecular formula is C9H9F5N2O2. The Hall–Kier alpha value is -1.48. The number of hydrogen-bond donors (Lipinski definition) is 2. The molecule has 0 spiro atoms. The van der Waals surface area contributed by atoms with E-state index >= 15 is 0 Å². The first-order chi connectivity index (χ1) is 8.30. The zero-order valence-corrected chi connectivity index (χ0v) is 8.84. The van der Waals surface area contributed by atoms with Crippen LogP contribution < -0.4 is 10.5 Å². The van der Waals surface area contributed by atoms with Gasteiger partial charge in [0.1, 0.15) is 11.4 Å². The molecule has 0 radical (unpaired) electrons. The van der Waals surface area contributed by atoms with Crippen molar-refractivity contribution in [1.29, 1.82) is 0 Å². The summed E-state index contributed by atoms with van der Waals surface area (Å²) >= 11 is 0. The molecule has 9 heteroatoms. The summed E-state index contributed by atoms with van der Waals surface area (Å²) in [6, 6.07) is 0. The molecule has 0 aliphatic carbocycles. The van der Waals surface area contributed by atoms with Gasteiger partial charge in [0.2, 0.25) is 0 Å². The Labute approximate surface area is 98.2 Å². The molecule has 0 aliphatic rings. The highest BCUT2D eigenvalue weighted by Crippen LogP contribution is 2.34. The summed E-state index contributed by atoms with van der Waals surface area (Å²) in [5.41, 5.74) is 3.30. The van der Waals surface area contributed by atoms with Crippen LogP contribution in [0.25, 0.3) is 0 Å². The minimum Gasteiger partial charge on any atom is -0.405 e. The van der Waals surface area contributed by atoms with Gasteiger partial charge in [-0.15, -0.1) is 13.2 Å². The first-order valence-electron chi connectivity index (χ1n) is 4.65. The summed E-state index contributed by atoms with van der Waals surface area (Å²) in [5, 5.41) is 8.85. The molecule has 0 saturated heterocycles. The van der Waals surface area contributed by atoms with E-state index in [0.717, 1.165) is 0 Å². The minimum absolute atomic E-state index is 0.364. The van der Waals surface area contributed by atoms with E-state index in [4.69, 9.17) is 10.8 Å². The zero-order valence-electron chi connectivity index (χ0n) is 8.84. The van der Waals surface area contributed by atoms with E-state index in [1.807, 2.05) is 0 Å². The monoisotopic (exact) mass is 272 g/mol. The summed E-state index contributed by atoms with van der Waals surface area (Å²) < 4.78 is 65.2. The Morgan fingerprint density at radius 1 is 1.39 bits per heavy atom. The molecule has 0 aliphatic heterocycles. The molecule has 0 saturated carbocycles. The topological polar surface area (TPSA) is 68.4 Å². The number of nitrogens with two attached hydrogens (primary N) is 1. The first-order valence-corrected chi connectivity index (χ1v) is 4.65. The summed E-state index contributed by atoms with van der Waals surface area (Å²) in [5.74, 6) is -0.919. The van der Waals surface area contributed by atoms with Crippen molar-refractivity contribution < 1.29 is 31.8 Å². The fourth-order valence-electron chi connectivity index (χ4n) is 1.33. The third-order valence-corrected chi connectivity index (χ3v) is 2.03. The quantitative estimate of drug-likeness (QED) is 0.821. The average molecular weight is 272 g/mol. The summed E-state index contributed by atoms with van der Waals surface area (Å²) in [6.45, 7) is -1.46. The van der Waals surface area contributed by atoms with E-state index in [2.05, 4.69) is 9.72 Å². The minimum atomic E-state index is -5.07. The summed E-state index contributed by atoms with van der Waals surface area (Å²) in [6.07, 6.45) is -7.47. The van der Waals surface area contributed by atoms with E-state index in [1.54, 1.807) is 0 Å². The number of aliphatic hydroxyl groups is 1. The fourth-order valence-corrected chi connectivity index (χ4v) is 1.33. The Kier molecular flexibility index (Phi) is 4.41. The van der Waals surface area contributed by atoms with E-state index in [9.17, 15) is 22.0 Å². The second kappa shape index (κ2) is 5.44. The SMILES string of the molecule is NCc1c(C(F)F)ncc(CO)c1OC(F)(F)F. The van der Waals surface area contributed by atoms with Gasteiger partial charge < -0.3 is 15.6 Å². The predicted molar refractivity (Wildman–Crippen MR) is 49.7 cm³/mol. The van der Waals surface area contributed by atoms with Crippen LogP contribution in [-0.4, -0.2) is 16.5 Å². The van der Waals surface area contributed by atoms with Crippen molar-refractivity contribution in [3.05, 3.63) is 23.0 Å². The number of halogens is 5. The number of hydrogen-bond acceptors (Lipinski definition) is 4. The van der Waals surface area contributed by atoms with E-state index < -0.39 is 42.9 Å². The largest absolute Gasteiger partial charge is 0.573 e. The second-order valence-electron chi connectivity index (χ2n) is 3.19. The average Bonchev–Trinajstić information content (AvgIpc) is 2.26. The molecule has 102 valence electrons. The van der Waals surface area contributed by atoms with Gasteiger partial charge >= 0.3 is 6.36 Å². The van der Waals surface area contributed by atoms with Gasteiger partial charge in [-0.05, 0) is 0 Å². The summed E-state index contributed by atoms with van der Waals surface area (Å²) in [7, 11) is 0.